The van der Waals surface area contributed by atoms with E-state index in [4.69, 9.17) is 4.52 Å². The van der Waals surface area contributed by atoms with Crippen LogP contribution < -0.4 is 4.90 Å². The maximum Gasteiger partial charge on any atom is 0.324 e. The first-order valence-corrected chi connectivity index (χ1v) is 7.53. The summed E-state index contributed by atoms with van der Waals surface area (Å²) in [5.41, 5.74) is 2.15. The van der Waals surface area contributed by atoms with Gasteiger partial charge >= 0.3 is 6.01 Å². The van der Waals surface area contributed by atoms with Gasteiger partial charge in [-0.3, -0.25) is 5.10 Å². The van der Waals surface area contributed by atoms with Gasteiger partial charge in [-0.05, 0) is 18.9 Å². The molecule has 6 nitrogen and oxygen atoms in total. The van der Waals surface area contributed by atoms with E-state index >= 15 is 0 Å². The van der Waals surface area contributed by atoms with Gasteiger partial charge in [0.05, 0.1) is 0 Å². The molecule has 1 aliphatic heterocycles. The lowest BCUT2D eigenvalue weighted by molar-refractivity contribution is 0.392. The number of rotatable bonds is 3. The van der Waals surface area contributed by atoms with Gasteiger partial charge in [0, 0.05) is 36.5 Å². The maximum absolute atomic E-state index is 5.46. The molecule has 4 rings (SSSR count). The van der Waals surface area contributed by atoms with E-state index in [-0.39, 0.29) is 0 Å². The summed E-state index contributed by atoms with van der Waals surface area (Å²) in [6.45, 7) is 1.82. The fourth-order valence-electron chi connectivity index (χ4n) is 2.95. The molecule has 1 N–H and O–H groups in total. The lowest BCUT2D eigenvalue weighted by Crippen LogP contribution is -2.34. The van der Waals surface area contributed by atoms with Gasteiger partial charge in [0.15, 0.2) is 0 Å². The molecule has 0 spiro atoms. The number of nitrogens with zero attached hydrogens (tertiary/aromatic N) is 4. The third kappa shape index (κ3) is 2.47. The van der Waals surface area contributed by atoms with E-state index < -0.39 is 0 Å². The van der Waals surface area contributed by atoms with Gasteiger partial charge < -0.3 is 9.42 Å². The van der Waals surface area contributed by atoms with E-state index in [0.29, 0.717) is 17.8 Å². The Morgan fingerprint density at radius 1 is 1.18 bits per heavy atom. The Morgan fingerprint density at radius 2 is 2.09 bits per heavy atom. The second-order valence-electron chi connectivity index (χ2n) is 5.56. The number of anilines is 1. The zero-order valence-electron chi connectivity index (χ0n) is 12.1. The van der Waals surface area contributed by atoms with Crippen molar-refractivity contribution in [2.24, 2.45) is 0 Å². The smallest absolute Gasteiger partial charge is 0.324 e. The van der Waals surface area contributed by atoms with Crippen molar-refractivity contribution < 1.29 is 4.52 Å². The molecule has 1 saturated heterocycles. The van der Waals surface area contributed by atoms with E-state index in [1.54, 1.807) is 6.20 Å². The predicted molar refractivity (Wildman–Crippen MR) is 82.5 cm³/mol. The topological polar surface area (TPSA) is 70.8 Å². The van der Waals surface area contributed by atoms with E-state index in [1.165, 1.54) is 5.69 Å². The first-order valence-electron chi connectivity index (χ1n) is 7.53. The molecule has 1 aromatic carbocycles. The van der Waals surface area contributed by atoms with Gasteiger partial charge in [0.2, 0.25) is 5.82 Å². The van der Waals surface area contributed by atoms with Crippen LogP contribution in [0.4, 0.5) is 6.01 Å². The summed E-state index contributed by atoms with van der Waals surface area (Å²) in [5, 5.41) is 11.2. The Balaban J connectivity index is 1.53. The molecule has 0 aliphatic carbocycles. The Hall–Kier alpha value is -2.63. The highest BCUT2D eigenvalue weighted by molar-refractivity contribution is 5.55. The molecule has 0 radical (unpaired) electrons. The molecule has 0 unspecified atom stereocenters. The summed E-state index contributed by atoms with van der Waals surface area (Å²) >= 11 is 0. The van der Waals surface area contributed by atoms with Crippen LogP contribution in [0.2, 0.25) is 0 Å². The predicted octanol–water partition coefficient (Wildman–Crippen LogP) is 2.84. The minimum absolute atomic E-state index is 0.434. The molecule has 3 heterocycles. The number of aromatic amines is 1. The van der Waals surface area contributed by atoms with Crippen LogP contribution in [-0.2, 0) is 0 Å². The van der Waals surface area contributed by atoms with Crippen molar-refractivity contribution in [3.05, 3.63) is 48.3 Å². The van der Waals surface area contributed by atoms with E-state index in [0.717, 1.165) is 31.5 Å². The molecular weight excluding hydrogens is 278 g/mol. The molecule has 0 bridgehead atoms. The molecule has 1 aliphatic rings. The van der Waals surface area contributed by atoms with Crippen molar-refractivity contribution in [1.82, 2.24) is 20.3 Å². The van der Waals surface area contributed by atoms with Crippen molar-refractivity contribution in [1.29, 1.82) is 0 Å². The summed E-state index contributed by atoms with van der Waals surface area (Å²) in [5.74, 6) is 1.07. The third-order valence-electron chi connectivity index (χ3n) is 4.10. The van der Waals surface area contributed by atoms with Crippen molar-refractivity contribution in [3.63, 3.8) is 0 Å². The molecule has 22 heavy (non-hydrogen) atoms. The largest absolute Gasteiger partial charge is 0.324 e. The second kappa shape index (κ2) is 5.63. The van der Waals surface area contributed by atoms with Crippen LogP contribution in [-0.4, -0.2) is 33.4 Å². The molecule has 112 valence electrons. The quantitative estimate of drug-likeness (QED) is 0.804. The fraction of sp³-hybridized carbons (Fsp3) is 0.312. The minimum atomic E-state index is 0.434. The highest BCUT2D eigenvalue weighted by Crippen LogP contribution is 2.29. The number of hydrogen-bond acceptors (Lipinski definition) is 5. The van der Waals surface area contributed by atoms with Crippen LogP contribution in [0.1, 0.15) is 24.5 Å². The second-order valence-corrected chi connectivity index (χ2v) is 5.56. The average Bonchev–Trinajstić information content (AvgIpc) is 3.28. The van der Waals surface area contributed by atoms with Crippen molar-refractivity contribution in [3.8, 4) is 11.4 Å². The van der Waals surface area contributed by atoms with Crippen LogP contribution in [0.5, 0.6) is 0 Å². The zero-order chi connectivity index (χ0) is 14.8. The van der Waals surface area contributed by atoms with Crippen molar-refractivity contribution in [2.75, 3.05) is 18.0 Å². The molecule has 0 saturated carbocycles. The Labute approximate surface area is 128 Å². The Morgan fingerprint density at radius 3 is 2.91 bits per heavy atom. The SMILES string of the molecule is c1ccc(-c2noc(N3CCC[C@H](c4ccn[nH]4)C3)n2)cc1. The van der Waals surface area contributed by atoms with Crippen molar-refractivity contribution in [2.45, 2.75) is 18.8 Å². The molecular formula is C16H17N5O. The monoisotopic (exact) mass is 295 g/mol. The number of nitrogens with one attached hydrogen (secondary N) is 1. The number of hydrogen-bond donors (Lipinski definition) is 1. The maximum atomic E-state index is 5.46. The van der Waals surface area contributed by atoms with E-state index in [1.807, 2.05) is 36.4 Å². The van der Waals surface area contributed by atoms with Gasteiger partial charge in [-0.25, -0.2) is 0 Å². The third-order valence-corrected chi connectivity index (χ3v) is 4.10. The lowest BCUT2D eigenvalue weighted by Gasteiger charge is -2.30. The standard InChI is InChI=1S/C16H17N5O/c1-2-5-12(6-3-1)15-18-16(22-20-15)21-10-4-7-13(11-21)14-8-9-17-19-14/h1-3,5-6,8-9,13H,4,7,10-11H2,(H,17,19)/t13-/m0/s1. The first-order chi connectivity index (χ1) is 10.9. The molecule has 1 atom stereocenters. The molecule has 6 heteroatoms. The summed E-state index contributed by atoms with van der Waals surface area (Å²) < 4.78 is 5.46. The van der Waals surface area contributed by atoms with E-state index in [9.17, 15) is 0 Å². The molecule has 0 amide bonds. The summed E-state index contributed by atoms with van der Waals surface area (Å²) in [7, 11) is 0. The Kier molecular flexibility index (Phi) is 3.34. The zero-order valence-corrected chi connectivity index (χ0v) is 12.1. The molecule has 1 fully saturated rings. The van der Waals surface area contributed by atoms with Gasteiger partial charge in [0.1, 0.15) is 0 Å². The number of piperidine rings is 1. The summed E-state index contributed by atoms with van der Waals surface area (Å²) in [6, 6.07) is 12.5. The molecule has 3 aromatic rings. The van der Waals surface area contributed by atoms with E-state index in [2.05, 4.69) is 25.2 Å². The van der Waals surface area contributed by atoms with Crippen LogP contribution in [0, 0.1) is 0 Å². The van der Waals surface area contributed by atoms with Crippen LogP contribution >= 0.6 is 0 Å². The van der Waals surface area contributed by atoms with Crippen molar-refractivity contribution >= 4 is 6.01 Å². The van der Waals surface area contributed by atoms with Gasteiger partial charge in [-0.1, -0.05) is 35.5 Å². The fourth-order valence-corrected chi connectivity index (χ4v) is 2.95. The minimum Gasteiger partial charge on any atom is -0.324 e. The van der Waals surface area contributed by atoms with Crippen LogP contribution in [0.25, 0.3) is 11.4 Å². The van der Waals surface area contributed by atoms with Crippen LogP contribution in [0.15, 0.2) is 47.1 Å². The number of H-pyrrole nitrogens is 1. The highest BCUT2D eigenvalue weighted by Gasteiger charge is 2.25. The molecule has 2 aromatic heterocycles. The average molecular weight is 295 g/mol. The van der Waals surface area contributed by atoms with Gasteiger partial charge in [-0.2, -0.15) is 10.1 Å². The van der Waals surface area contributed by atoms with Crippen LogP contribution in [0.3, 0.4) is 0 Å². The lowest BCUT2D eigenvalue weighted by atomic mass is 9.95. The number of aromatic nitrogens is 4. The van der Waals surface area contributed by atoms with Gasteiger partial charge in [0.25, 0.3) is 0 Å². The first kappa shape index (κ1) is 13.1. The Bertz CT molecular complexity index is 722. The number of benzene rings is 1. The normalized spacial score (nSPS) is 18.5. The van der Waals surface area contributed by atoms with Gasteiger partial charge in [-0.15, -0.1) is 0 Å². The summed E-state index contributed by atoms with van der Waals surface area (Å²) in [6.07, 6.45) is 4.06. The summed E-state index contributed by atoms with van der Waals surface area (Å²) in [4.78, 5) is 6.70. The highest BCUT2D eigenvalue weighted by atomic mass is 16.5.